The highest BCUT2D eigenvalue weighted by Crippen LogP contribution is 2.31. The van der Waals surface area contributed by atoms with Crippen LogP contribution in [0.5, 0.6) is 5.75 Å². The van der Waals surface area contributed by atoms with E-state index in [9.17, 15) is 4.39 Å². The fourth-order valence-electron chi connectivity index (χ4n) is 2.32. The number of rotatable bonds is 4. The summed E-state index contributed by atoms with van der Waals surface area (Å²) in [4.78, 5) is 0. The Kier molecular flexibility index (Phi) is 7.04. The van der Waals surface area contributed by atoms with Crippen LogP contribution in [0.2, 0.25) is 0 Å². The smallest absolute Gasteiger partial charge is 0.123 e. The van der Waals surface area contributed by atoms with Gasteiger partial charge in [0.05, 0.1) is 6.61 Å². The van der Waals surface area contributed by atoms with Crippen molar-refractivity contribution in [3.8, 4) is 5.75 Å². The van der Waals surface area contributed by atoms with Crippen LogP contribution in [0.1, 0.15) is 26.8 Å². The lowest BCUT2D eigenvalue weighted by molar-refractivity contribution is 0.0808. The van der Waals surface area contributed by atoms with Gasteiger partial charge in [0.1, 0.15) is 17.7 Å². The molecule has 0 spiro atoms. The minimum atomic E-state index is -0.189. The Balaban J connectivity index is 0.00000115. The molecular weight excluding hydrogens is 262 g/mol. The van der Waals surface area contributed by atoms with Gasteiger partial charge in [-0.05, 0) is 43.0 Å². The summed E-state index contributed by atoms with van der Waals surface area (Å²) in [5.74, 6) is 1.03. The summed E-state index contributed by atoms with van der Waals surface area (Å²) in [5, 5.41) is 0. The lowest BCUT2D eigenvalue weighted by Gasteiger charge is -2.31. The largest absolute Gasteiger partial charge is 0.490 e. The predicted octanol–water partition coefficient (Wildman–Crippen LogP) is 4.40. The van der Waals surface area contributed by atoms with Crippen LogP contribution < -0.4 is 4.74 Å². The van der Waals surface area contributed by atoms with Crippen molar-refractivity contribution < 1.29 is 15.1 Å². The lowest BCUT2D eigenvalue weighted by atomic mass is 9.92. The lowest BCUT2D eigenvalue weighted by Crippen LogP contribution is -2.32. The SMILES string of the molecule is C=C.CC[C@@H](COP)C1CCc2cc(F)ccc2O1.[HH]. The van der Waals surface area contributed by atoms with Crippen LogP contribution in [-0.4, -0.2) is 12.7 Å². The minimum absolute atomic E-state index is 0. The van der Waals surface area contributed by atoms with E-state index in [0.29, 0.717) is 12.5 Å². The number of benzene rings is 1. The predicted molar refractivity (Wildman–Crippen MR) is 81.9 cm³/mol. The summed E-state index contributed by atoms with van der Waals surface area (Å²) in [5.41, 5.74) is 0.975. The molecule has 4 heteroatoms. The quantitative estimate of drug-likeness (QED) is 0.603. The number of aryl methyl sites for hydroxylation is 1. The summed E-state index contributed by atoms with van der Waals surface area (Å²) >= 11 is 0. The number of hydrogen-bond donors (Lipinski definition) is 0. The van der Waals surface area contributed by atoms with Gasteiger partial charge in [-0.2, -0.15) is 0 Å². The maximum atomic E-state index is 13.1. The molecule has 0 fully saturated rings. The summed E-state index contributed by atoms with van der Waals surface area (Å²) in [7, 11) is 2.28. The summed E-state index contributed by atoms with van der Waals surface area (Å²) in [6.07, 6.45) is 3.02. The second-order valence-corrected chi connectivity index (χ2v) is 4.78. The molecule has 0 amide bonds. The van der Waals surface area contributed by atoms with Crippen LogP contribution in [0.3, 0.4) is 0 Å². The molecule has 0 aromatic heterocycles. The van der Waals surface area contributed by atoms with E-state index in [1.165, 1.54) is 6.07 Å². The molecule has 1 aliphatic rings. The second kappa shape index (κ2) is 8.29. The van der Waals surface area contributed by atoms with Gasteiger partial charge in [0, 0.05) is 16.8 Å². The first kappa shape index (κ1) is 16.1. The van der Waals surface area contributed by atoms with Gasteiger partial charge in [-0.25, -0.2) is 4.39 Å². The number of hydrogen-bond acceptors (Lipinski definition) is 2. The van der Waals surface area contributed by atoms with E-state index in [1.807, 2.05) is 0 Å². The molecular formula is C15H24FO2P. The minimum Gasteiger partial charge on any atom is -0.490 e. The van der Waals surface area contributed by atoms with E-state index in [1.54, 1.807) is 12.1 Å². The molecule has 2 rings (SSSR count). The molecule has 1 heterocycles. The standard InChI is InChI=1S/C13H18FO2P.C2H4.H2/c1-2-9(8-15-17)12-5-3-10-7-11(14)4-6-13(10)16-12;1-2;/h4,6-7,9,12H,2-3,5,8,17H2,1H3;1-2H2;1H/t9-,12?;;/m0../s1. The average Bonchev–Trinajstić information content (AvgIpc) is 2.46. The van der Waals surface area contributed by atoms with Crippen LogP contribution >= 0.6 is 9.47 Å². The van der Waals surface area contributed by atoms with Crippen molar-refractivity contribution in [2.75, 3.05) is 6.61 Å². The summed E-state index contributed by atoms with van der Waals surface area (Å²) in [6.45, 7) is 8.82. The molecule has 1 aliphatic heterocycles. The normalized spacial score (nSPS) is 18.6. The molecule has 0 saturated heterocycles. The first-order valence-corrected chi connectivity index (χ1v) is 6.98. The van der Waals surface area contributed by atoms with Gasteiger partial charge in [0.2, 0.25) is 0 Å². The van der Waals surface area contributed by atoms with Crippen LogP contribution in [0.25, 0.3) is 0 Å². The Morgan fingerprint density at radius 2 is 2.32 bits per heavy atom. The summed E-state index contributed by atoms with van der Waals surface area (Å²) < 4.78 is 24.1. The molecule has 2 nitrogen and oxygen atoms in total. The number of fused-ring (bicyclic) bond motifs is 1. The Bertz CT molecular complexity index is 403. The highest BCUT2D eigenvalue weighted by atomic mass is 31.0. The Hall–Kier alpha value is -0.920. The molecule has 19 heavy (non-hydrogen) atoms. The third-order valence-electron chi connectivity index (χ3n) is 3.36. The first-order chi connectivity index (χ1) is 9.24. The van der Waals surface area contributed by atoms with Crippen molar-refractivity contribution in [1.82, 2.24) is 0 Å². The average molecular weight is 286 g/mol. The second-order valence-electron chi connectivity index (χ2n) is 4.45. The Morgan fingerprint density at radius 1 is 1.58 bits per heavy atom. The van der Waals surface area contributed by atoms with E-state index in [2.05, 4.69) is 29.5 Å². The monoisotopic (exact) mass is 286 g/mol. The number of halogens is 1. The van der Waals surface area contributed by atoms with Crippen molar-refractivity contribution in [3.63, 3.8) is 0 Å². The Morgan fingerprint density at radius 3 is 2.95 bits per heavy atom. The van der Waals surface area contributed by atoms with Crippen LogP contribution in [0.15, 0.2) is 31.4 Å². The third kappa shape index (κ3) is 4.29. The van der Waals surface area contributed by atoms with E-state index in [-0.39, 0.29) is 13.3 Å². The third-order valence-corrected chi connectivity index (χ3v) is 3.55. The molecule has 0 saturated carbocycles. The van der Waals surface area contributed by atoms with Gasteiger partial charge in [0.25, 0.3) is 0 Å². The van der Waals surface area contributed by atoms with Gasteiger partial charge in [-0.1, -0.05) is 6.92 Å². The molecule has 0 radical (unpaired) electrons. The molecule has 2 unspecified atom stereocenters. The molecule has 1 aromatic rings. The first-order valence-electron chi connectivity index (χ1n) is 6.51. The fraction of sp³-hybridized carbons (Fsp3) is 0.467. The molecule has 108 valence electrons. The van der Waals surface area contributed by atoms with Gasteiger partial charge >= 0.3 is 0 Å². The molecule has 3 atom stereocenters. The maximum absolute atomic E-state index is 13.1. The van der Waals surface area contributed by atoms with E-state index < -0.39 is 0 Å². The molecule has 0 aliphatic carbocycles. The van der Waals surface area contributed by atoms with Crippen molar-refractivity contribution in [2.24, 2.45) is 5.92 Å². The summed E-state index contributed by atoms with van der Waals surface area (Å²) in [6, 6.07) is 4.75. The van der Waals surface area contributed by atoms with Gasteiger partial charge in [0.15, 0.2) is 0 Å². The highest BCUT2D eigenvalue weighted by Gasteiger charge is 2.26. The van der Waals surface area contributed by atoms with E-state index in [0.717, 1.165) is 30.6 Å². The van der Waals surface area contributed by atoms with Crippen LogP contribution in [-0.2, 0) is 10.9 Å². The molecule has 0 N–H and O–H groups in total. The maximum Gasteiger partial charge on any atom is 0.123 e. The van der Waals surface area contributed by atoms with Gasteiger partial charge in [-0.15, -0.1) is 13.2 Å². The van der Waals surface area contributed by atoms with Crippen LogP contribution in [0.4, 0.5) is 4.39 Å². The van der Waals surface area contributed by atoms with Gasteiger partial charge in [-0.3, -0.25) is 0 Å². The van der Waals surface area contributed by atoms with Crippen molar-refractivity contribution in [3.05, 3.63) is 42.7 Å². The topological polar surface area (TPSA) is 18.5 Å². The van der Waals surface area contributed by atoms with Gasteiger partial charge < -0.3 is 9.26 Å². The van der Waals surface area contributed by atoms with Crippen LogP contribution in [0, 0.1) is 11.7 Å². The van der Waals surface area contributed by atoms with Crippen molar-refractivity contribution >= 4 is 9.47 Å². The Labute approximate surface area is 118 Å². The van der Waals surface area contributed by atoms with E-state index in [4.69, 9.17) is 9.26 Å². The zero-order valence-electron chi connectivity index (χ0n) is 11.4. The molecule has 0 bridgehead atoms. The van der Waals surface area contributed by atoms with E-state index >= 15 is 0 Å². The van der Waals surface area contributed by atoms with Crippen molar-refractivity contribution in [1.29, 1.82) is 0 Å². The highest BCUT2D eigenvalue weighted by molar-refractivity contribution is 7.09. The number of ether oxygens (including phenoxy) is 1. The fourth-order valence-corrected chi connectivity index (χ4v) is 2.57. The zero-order valence-corrected chi connectivity index (χ0v) is 12.6. The zero-order chi connectivity index (χ0) is 14.3. The van der Waals surface area contributed by atoms with Crippen molar-refractivity contribution in [2.45, 2.75) is 32.3 Å². The molecule has 1 aromatic carbocycles.